The van der Waals surface area contributed by atoms with Crippen molar-refractivity contribution in [1.82, 2.24) is 4.98 Å². The number of thiophene rings is 1. The Morgan fingerprint density at radius 3 is 2.68 bits per heavy atom. The number of nitrogens with two attached hydrogens (primary N) is 1. The Balaban J connectivity index is 2.04. The second-order valence-electron chi connectivity index (χ2n) is 5.41. The van der Waals surface area contributed by atoms with Gasteiger partial charge in [0.2, 0.25) is 0 Å². The van der Waals surface area contributed by atoms with E-state index in [-0.39, 0.29) is 0 Å². The minimum atomic E-state index is -0.466. The largest absolute Gasteiger partial charge is 0.465 e. The van der Waals surface area contributed by atoms with Crippen LogP contribution in [0.4, 0.5) is 5.69 Å². The molecular formula is C19H14N2O3S. The third kappa shape index (κ3) is 2.56. The van der Waals surface area contributed by atoms with Crippen LogP contribution < -0.4 is 5.73 Å². The molecule has 124 valence electrons. The van der Waals surface area contributed by atoms with Gasteiger partial charge in [-0.25, -0.2) is 9.78 Å². The number of methoxy groups -OCH3 is 1. The summed E-state index contributed by atoms with van der Waals surface area (Å²) in [5.74, 6) is 0.206. The standard InChI is InChI=1S/C19H14N2O3S/c1-23-19(22)17-16(20)15-12(14-8-5-9-24-14)10-13(21-18(15)25-17)11-6-3-2-4-7-11/h2-10H,20H2,1H3. The molecule has 0 saturated carbocycles. The highest BCUT2D eigenvalue weighted by Gasteiger charge is 2.22. The fourth-order valence-electron chi connectivity index (χ4n) is 2.75. The molecule has 5 nitrogen and oxygen atoms in total. The molecule has 6 heteroatoms. The van der Waals surface area contributed by atoms with Crippen molar-refractivity contribution in [3.63, 3.8) is 0 Å². The number of carbonyl (C=O) groups excluding carboxylic acids is 1. The second-order valence-corrected chi connectivity index (χ2v) is 6.41. The molecule has 0 spiro atoms. The summed E-state index contributed by atoms with van der Waals surface area (Å²) in [6, 6.07) is 15.4. The van der Waals surface area contributed by atoms with E-state index in [1.807, 2.05) is 48.5 Å². The summed E-state index contributed by atoms with van der Waals surface area (Å²) in [5, 5.41) is 0.708. The van der Waals surface area contributed by atoms with Crippen molar-refractivity contribution >= 4 is 33.2 Å². The number of rotatable bonds is 3. The monoisotopic (exact) mass is 350 g/mol. The van der Waals surface area contributed by atoms with E-state index in [0.29, 0.717) is 26.5 Å². The van der Waals surface area contributed by atoms with E-state index in [2.05, 4.69) is 0 Å². The Morgan fingerprint density at radius 1 is 1.20 bits per heavy atom. The SMILES string of the molecule is COC(=O)c1sc2nc(-c3ccccc3)cc(-c3ccco3)c2c1N. The third-order valence-corrected chi connectivity index (χ3v) is 5.01. The Bertz CT molecular complexity index is 1050. The van der Waals surface area contributed by atoms with Gasteiger partial charge in [-0.2, -0.15) is 0 Å². The lowest BCUT2D eigenvalue weighted by molar-refractivity contribution is 0.0607. The first-order chi connectivity index (χ1) is 12.2. The van der Waals surface area contributed by atoms with E-state index in [1.165, 1.54) is 18.4 Å². The minimum Gasteiger partial charge on any atom is -0.465 e. The number of hydrogen-bond donors (Lipinski definition) is 1. The number of nitrogens with zero attached hydrogens (tertiary/aromatic N) is 1. The number of benzene rings is 1. The van der Waals surface area contributed by atoms with Crippen molar-refractivity contribution in [2.75, 3.05) is 12.8 Å². The average Bonchev–Trinajstić information content (AvgIpc) is 3.30. The Labute approximate surface area is 147 Å². The summed E-state index contributed by atoms with van der Waals surface area (Å²) in [5.41, 5.74) is 9.17. The van der Waals surface area contributed by atoms with Crippen molar-refractivity contribution in [3.8, 4) is 22.6 Å². The number of fused-ring (bicyclic) bond motifs is 1. The van der Waals surface area contributed by atoms with Crippen LogP contribution in [0.5, 0.6) is 0 Å². The molecule has 3 heterocycles. The van der Waals surface area contributed by atoms with E-state index in [0.717, 1.165) is 16.8 Å². The molecule has 0 aliphatic carbocycles. The lowest BCUT2D eigenvalue weighted by Gasteiger charge is -2.06. The van der Waals surface area contributed by atoms with Gasteiger partial charge >= 0.3 is 5.97 Å². The number of hydrogen-bond acceptors (Lipinski definition) is 6. The number of carbonyl (C=O) groups is 1. The van der Waals surface area contributed by atoms with Crippen molar-refractivity contribution in [3.05, 3.63) is 59.7 Å². The lowest BCUT2D eigenvalue weighted by atomic mass is 10.0. The molecule has 1 aromatic carbocycles. The maximum absolute atomic E-state index is 12.0. The van der Waals surface area contributed by atoms with Crippen LogP contribution in [-0.4, -0.2) is 18.1 Å². The Hall–Kier alpha value is -3.12. The van der Waals surface area contributed by atoms with E-state index in [4.69, 9.17) is 19.9 Å². The smallest absolute Gasteiger partial charge is 0.350 e. The van der Waals surface area contributed by atoms with Crippen LogP contribution in [0.1, 0.15) is 9.67 Å². The molecule has 0 aliphatic heterocycles. The van der Waals surface area contributed by atoms with Gasteiger partial charge in [-0.15, -0.1) is 11.3 Å². The molecule has 2 N–H and O–H groups in total. The average molecular weight is 350 g/mol. The first-order valence-corrected chi connectivity index (χ1v) is 8.41. The highest BCUT2D eigenvalue weighted by atomic mass is 32.1. The van der Waals surface area contributed by atoms with Gasteiger partial charge in [-0.1, -0.05) is 30.3 Å². The Morgan fingerprint density at radius 2 is 2.00 bits per heavy atom. The van der Waals surface area contributed by atoms with Gasteiger partial charge < -0.3 is 14.9 Å². The molecule has 0 fully saturated rings. The quantitative estimate of drug-likeness (QED) is 0.547. The van der Waals surface area contributed by atoms with Crippen molar-refractivity contribution in [2.45, 2.75) is 0 Å². The number of furan rings is 1. The fraction of sp³-hybridized carbons (Fsp3) is 0.0526. The predicted octanol–water partition coefficient (Wildman–Crippen LogP) is 4.59. The summed E-state index contributed by atoms with van der Waals surface area (Å²) in [4.78, 5) is 17.7. The Kier molecular flexibility index (Phi) is 3.74. The number of esters is 1. The number of nitrogen functional groups attached to an aromatic ring is 1. The van der Waals surface area contributed by atoms with Gasteiger partial charge in [-0.3, -0.25) is 0 Å². The molecule has 4 rings (SSSR count). The topological polar surface area (TPSA) is 78.3 Å². The second kappa shape index (κ2) is 6.07. The van der Waals surface area contributed by atoms with Crippen LogP contribution in [0, 0.1) is 0 Å². The highest BCUT2D eigenvalue weighted by molar-refractivity contribution is 7.21. The molecule has 4 aromatic rings. The van der Waals surface area contributed by atoms with Crippen molar-refractivity contribution < 1.29 is 13.9 Å². The van der Waals surface area contributed by atoms with Crippen LogP contribution in [0.15, 0.2) is 59.2 Å². The van der Waals surface area contributed by atoms with Crippen LogP contribution in [0.25, 0.3) is 32.8 Å². The maximum Gasteiger partial charge on any atom is 0.350 e. The molecule has 0 bridgehead atoms. The number of pyridine rings is 1. The zero-order valence-corrected chi connectivity index (χ0v) is 14.2. The molecule has 25 heavy (non-hydrogen) atoms. The van der Waals surface area contributed by atoms with Crippen LogP contribution in [0.3, 0.4) is 0 Å². The first-order valence-electron chi connectivity index (χ1n) is 7.59. The van der Waals surface area contributed by atoms with Crippen LogP contribution >= 0.6 is 11.3 Å². The van der Waals surface area contributed by atoms with Gasteiger partial charge in [0.25, 0.3) is 0 Å². The van der Waals surface area contributed by atoms with Gasteiger partial charge in [0, 0.05) is 16.5 Å². The molecule has 0 radical (unpaired) electrons. The summed E-state index contributed by atoms with van der Waals surface area (Å²) in [7, 11) is 1.34. The summed E-state index contributed by atoms with van der Waals surface area (Å²) >= 11 is 1.22. The number of aromatic nitrogens is 1. The highest BCUT2D eigenvalue weighted by Crippen LogP contribution is 2.41. The van der Waals surface area contributed by atoms with Crippen LogP contribution in [0.2, 0.25) is 0 Å². The summed E-state index contributed by atoms with van der Waals surface area (Å²) in [6.07, 6.45) is 1.60. The third-order valence-electron chi connectivity index (χ3n) is 3.93. The lowest BCUT2D eigenvalue weighted by Crippen LogP contribution is -2.01. The van der Waals surface area contributed by atoms with Crippen molar-refractivity contribution in [2.24, 2.45) is 0 Å². The molecular weight excluding hydrogens is 336 g/mol. The fourth-order valence-corrected chi connectivity index (χ4v) is 3.79. The van der Waals surface area contributed by atoms with Gasteiger partial charge in [-0.05, 0) is 18.2 Å². The summed E-state index contributed by atoms with van der Waals surface area (Å²) in [6.45, 7) is 0. The van der Waals surface area contributed by atoms with E-state index in [9.17, 15) is 4.79 Å². The van der Waals surface area contributed by atoms with Gasteiger partial charge in [0.05, 0.1) is 24.8 Å². The van der Waals surface area contributed by atoms with E-state index < -0.39 is 5.97 Å². The summed E-state index contributed by atoms with van der Waals surface area (Å²) < 4.78 is 10.4. The van der Waals surface area contributed by atoms with E-state index >= 15 is 0 Å². The van der Waals surface area contributed by atoms with Crippen LogP contribution in [-0.2, 0) is 4.74 Å². The maximum atomic E-state index is 12.0. The van der Waals surface area contributed by atoms with Gasteiger partial charge in [0.1, 0.15) is 15.5 Å². The zero-order chi connectivity index (χ0) is 17.4. The normalized spacial score (nSPS) is 10.9. The molecule has 0 saturated heterocycles. The van der Waals surface area contributed by atoms with Crippen molar-refractivity contribution in [1.29, 1.82) is 0 Å². The zero-order valence-electron chi connectivity index (χ0n) is 13.4. The molecule has 0 amide bonds. The molecule has 0 aliphatic rings. The molecule has 0 atom stereocenters. The predicted molar refractivity (Wildman–Crippen MR) is 98.5 cm³/mol. The van der Waals surface area contributed by atoms with E-state index in [1.54, 1.807) is 6.26 Å². The number of ether oxygens (including phenoxy) is 1. The minimum absolute atomic E-state index is 0.350. The first kappa shape index (κ1) is 15.4. The molecule has 3 aromatic heterocycles. The molecule has 0 unspecified atom stereocenters. The van der Waals surface area contributed by atoms with Gasteiger partial charge in [0.15, 0.2) is 0 Å². The number of anilines is 1.